The van der Waals surface area contributed by atoms with Gasteiger partial charge in [0.05, 0.1) is 26.2 Å². The van der Waals surface area contributed by atoms with Crippen LogP contribution in [-0.2, 0) is 10.8 Å². The quantitative estimate of drug-likeness (QED) is 0.121. The Hall–Kier alpha value is -7.90. The predicted octanol–water partition coefficient (Wildman–Crippen LogP) is 10.8. The predicted molar refractivity (Wildman–Crippen MR) is 326 cm³/mol. The Morgan fingerprint density at radius 3 is 1.61 bits per heavy atom. The number of hydrogen-bond donors (Lipinski definition) is 1. The van der Waals surface area contributed by atoms with Crippen molar-refractivity contribution in [1.29, 1.82) is 0 Å². The number of benzene rings is 10. The molecule has 74 heavy (non-hydrogen) atoms. The highest BCUT2D eigenvalue weighted by atomic mass is 28.3. The highest BCUT2D eigenvalue weighted by molar-refractivity contribution is 7.01. The molecule has 2 aliphatic heterocycles. The van der Waals surface area contributed by atoms with E-state index in [1.54, 1.807) is 0 Å². The molecule has 1 aromatic heterocycles. The number of para-hydroxylation sites is 2. The first-order valence-corrected chi connectivity index (χ1v) is 29.5. The first kappa shape index (κ1) is 45.9. The van der Waals surface area contributed by atoms with Gasteiger partial charge in [0, 0.05) is 39.2 Å². The summed E-state index contributed by atoms with van der Waals surface area (Å²) in [5.41, 5.74) is 18.7. The molecule has 0 saturated carbocycles. The maximum absolute atomic E-state index is 4.15. The molecule has 10 aromatic carbocycles. The average molecular weight is 986 g/mol. The summed E-state index contributed by atoms with van der Waals surface area (Å²) in [6.45, 7) is 13.9. The second-order valence-electron chi connectivity index (χ2n) is 22.7. The van der Waals surface area contributed by atoms with E-state index < -0.39 is 18.3 Å². The third-order valence-corrected chi connectivity index (χ3v) is 20.6. The van der Waals surface area contributed by atoms with Crippen LogP contribution in [-0.4, -0.2) is 29.6 Å². The monoisotopic (exact) mass is 985 g/mol. The lowest BCUT2D eigenvalue weighted by Gasteiger charge is -2.41. The number of aromatic nitrogens is 1. The third kappa shape index (κ3) is 8.05. The maximum Gasteiger partial charge on any atom is 0.252 e. The molecule has 0 aliphatic carbocycles. The fourth-order valence-corrected chi connectivity index (χ4v) is 16.5. The zero-order valence-electron chi connectivity index (χ0n) is 43.2. The van der Waals surface area contributed by atoms with Crippen molar-refractivity contribution in [3.63, 3.8) is 0 Å². The molecule has 0 unspecified atom stereocenters. The lowest BCUT2D eigenvalue weighted by molar-refractivity contribution is 0.569. The van der Waals surface area contributed by atoms with Crippen molar-refractivity contribution in [3.05, 3.63) is 242 Å². The minimum Gasteiger partial charge on any atom is -0.356 e. The molecular formula is C68H60BN3Si2. The topological polar surface area (TPSA) is 20.2 Å². The molecule has 3 heterocycles. The van der Waals surface area contributed by atoms with E-state index in [-0.39, 0.29) is 17.5 Å². The van der Waals surface area contributed by atoms with Gasteiger partial charge in [-0.25, -0.2) is 0 Å². The first-order chi connectivity index (χ1) is 35.9. The van der Waals surface area contributed by atoms with Gasteiger partial charge in [-0.3, -0.25) is 0 Å². The molecule has 11 aromatic rings. The smallest absolute Gasteiger partial charge is 0.252 e. The van der Waals surface area contributed by atoms with Crippen LogP contribution in [0.25, 0.3) is 38.6 Å². The van der Waals surface area contributed by atoms with Crippen molar-refractivity contribution in [1.82, 2.24) is 4.57 Å². The number of nitrogens with zero attached hydrogens (tertiary/aromatic N) is 2. The molecule has 3 nitrogen and oxygen atoms in total. The summed E-state index contributed by atoms with van der Waals surface area (Å²) in [5.74, 6) is 0. The lowest BCUT2D eigenvalue weighted by Crippen LogP contribution is -2.62. The SMILES string of the molecule is CC(C)(C)c1cc(-c2ccc(N3c4ccc([SiH](c5ccccc5)c5ccccc5)cc4B4c5ccc([SiH2]c6ccccc6)cc5Nc5cc(-n6c7ccccc7c7ccccc76)cc3c54)cc2)cc(C(C)(C)C)c1. The van der Waals surface area contributed by atoms with Gasteiger partial charge in [0.25, 0.3) is 6.71 Å². The summed E-state index contributed by atoms with van der Waals surface area (Å²) in [6.07, 6.45) is 0. The molecule has 0 saturated heterocycles. The van der Waals surface area contributed by atoms with Crippen molar-refractivity contribution < 1.29 is 0 Å². The van der Waals surface area contributed by atoms with Crippen LogP contribution >= 0.6 is 0 Å². The summed E-state index contributed by atoms with van der Waals surface area (Å²) in [7, 11) is -2.62. The standard InChI is InChI=1S/C68H60BN3Si2/c1-67(2,3)47-38-46(39-48(40-47)68(4,5)6)45-30-32-49(33-31-45)71-64-37-35-55(74(53-22-12-8-13-23-53)54-24-14-9-15-25-54)44-59(64)69-58-36-34-52(73-51-20-10-7-11-21-51)43-60(58)70-61-41-50(42-65(71)66(61)69)72-62-28-18-16-26-56(62)57-27-17-19-29-63(57)72/h7-44,70,74H,73H2,1-6H3. The number of rotatable bonds is 8. The van der Waals surface area contributed by atoms with Gasteiger partial charge in [0.1, 0.15) is 8.80 Å². The van der Waals surface area contributed by atoms with Crippen molar-refractivity contribution in [2.45, 2.75) is 52.4 Å². The Labute approximate surface area is 440 Å². The molecule has 0 radical (unpaired) electrons. The Bertz CT molecular complexity index is 3800. The average Bonchev–Trinajstić information content (AvgIpc) is 3.77. The lowest BCUT2D eigenvalue weighted by atomic mass is 9.33. The van der Waals surface area contributed by atoms with E-state index in [0.717, 1.165) is 17.1 Å². The van der Waals surface area contributed by atoms with Gasteiger partial charge in [-0.2, -0.15) is 0 Å². The maximum atomic E-state index is 4.15. The number of hydrogen-bond acceptors (Lipinski definition) is 2. The Morgan fingerprint density at radius 1 is 0.419 bits per heavy atom. The zero-order valence-corrected chi connectivity index (χ0v) is 45.8. The van der Waals surface area contributed by atoms with Crippen LogP contribution in [0.2, 0.25) is 0 Å². The Kier molecular flexibility index (Phi) is 11.1. The van der Waals surface area contributed by atoms with Crippen molar-refractivity contribution in [2.24, 2.45) is 0 Å². The molecule has 0 amide bonds. The van der Waals surface area contributed by atoms with Crippen LogP contribution in [0.3, 0.4) is 0 Å². The van der Waals surface area contributed by atoms with E-state index in [4.69, 9.17) is 0 Å². The molecule has 0 spiro atoms. The van der Waals surface area contributed by atoms with Gasteiger partial charge in [-0.05, 0) is 98.0 Å². The normalized spacial score (nSPS) is 13.1. The molecule has 358 valence electrons. The van der Waals surface area contributed by atoms with Crippen LogP contribution in [0.4, 0.5) is 28.4 Å². The summed E-state index contributed by atoms with van der Waals surface area (Å²) >= 11 is 0. The van der Waals surface area contributed by atoms with Crippen LogP contribution in [0, 0.1) is 0 Å². The zero-order chi connectivity index (χ0) is 50.3. The van der Waals surface area contributed by atoms with E-state index in [0.29, 0.717) is 0 Å². The fourth-order valence-electron chi connectivity index (χ4n) is 12.0. The van der Waals surface area contributed by atoms with Gasteiger partial charge in [-0.1, -0.05) is 249 Å². The van der Waals surface area contributed by atoms with E-state index in [2.05, 4.69) is 287 Å². The van der Waals surface area contributed by atoms with Crippen LogP contribution in [0.15, 0.2) is 231 Å². The molecular weight excluding hydrogens is 926 g/mol. The molecule has 1 N–H and O–H groups in total. The summed E-state index contributed by atoms with van der Waals surface area (Å²) in [6, 6.07) is 87.8. The molecule has 0 bridgehead atoms. The van der Waals surface area contributed by atoms with E-state index >= 15 is 0 Å². The van der Waals surface area contributed by atoms with Gasteiger partial charge < -0.3 is 14.8 Å². The largest absolute Gasteiger partial charge is 0.356 e. The van der Waals surface area contributed by atoms with Crippen molar-refractivity contribution in [2.75, 3.05) is 10.2 Å². The molecule has 0 fully saturated rings. The van der Waals surface area contributed by atoms with E-state index in [1.165, 1.54) is 103 Å². The molecule has 2 aliphatic rings. The summed E-state index contributed by atoms with van der Waals surface area (Å²) in [4.78, 5) is 2.58. The molecule has 13 rings (SSSR count). The first-order valence-electron chi connectivity index (χ1n) is 26.4. The van der Waals surface area contributed by atoms with Gasteiger partial charge in [0.2, 0.25) is 0 Å². The molecule has 6 heteroatoms. The van der Waals surface area contributed by atoms with Gasteiger partial charge in [-0.15, -0.1) is 0 Å². The second-order valence-corrected chi connectivity index (χ2v) is 27.5. The second kappa shape index (κ2) is 17.9. The van der Waals surface area contributed by atoms with E-state index in [1.807, 2.05) is 0 Å². The Balaban J connectivity index is 1.06. The Morgan fingerprint density at radius 2 is 1.00 bits per heavy atom. The minimum absolute atomic E-state index is 0.00137. The number of anilines is 5. The molecule has 0 atom stereocenters. The van der Waals surface area contributed by atoms with Gasteiger partial charge >= 0.3 is 0 Å². The summed E-state index contributed by atoms with van der Waals surface area (Å²) in [5, 5.41) is 13.8. The highest BCUT2D eigenvalue weighted by Gasteiger charge is 2.42. The van der Waals surface area contributed by atoms with Crippen molar-refractivity contribution in [3.8, 4) is 16.8 Å². The number of fused-ring (bicyclic) bond motifs is 7. The summed E-state index contributed by atoms with van der Waals surface area (Å²) < 4.78 is 2.48. The minimum atomic E-state index is -1.90. The van der Waals surface area contributed by atoms with Crippen LogP contribution in [0.5, 0.6) is 0 Å². The van der Waals surface area contributed by atoms with E-state index in [9.17, 15) is 0 Å². The highest BCUT2D eigenvalue weighted by Crippen LogP contribution is 2.43. The van der Waals surface area contributed by atoms with Gasteiger partial charge in [0.15, 0.2) is 0 Å². The fraction of sp³-hybridized carbons (Fsp3) is 0.118. The third-order valence-electron chi connectivity index (χ3n) is 15.8. The van der Waals surface area contributed by atoms with Crippen LogP contribution < -0.4 is 52.5 Å². The van der Waals surface area contributed by atoms with Crippen LogP contribution in [0.1, 0.15) is 52.7 Å². The number of nitrogens with one attached hydrogen (secondary N) is 1. The van der Waals surface area contributed by atoms with Crippen molar-refractivity contribution >= 4 is 118 Å².